The van der Waals surface area contributed by atoms with Gasteiger partial charge in [-0.05, 0) is 12.8 Å². The van der Waals surface area contributed by atoms with E-state index in [1.165, 1.54) is 12.8 Å². The standard InChI is InChI=1S/C15H25N5O3S/c21-24(22,19-9-11-23-12-10-19)18-7-5-17(6-8-18)13-15-16-3-4-20(15)14-1-2-14/h3-4,14H,1-2,5-13H2. The fraction of sp³-hybridized carbons (Fsp3) is 0.800. The van der Waals surface area contributed by atoms with Gasteiger partial charge < -0.3 is 9.30 Å². The van der Waals surface area contributed by atoms with Gasteiger partial charge >= 0.3 is 0 Å². The first-order valence-corrected chi connectivity index (χ1v) is 10.1. The van der Waals surface area contributed by atoms with Crippen molar-refractivity contribution in [3.63, 3.8) is 0 Å². The molecule has 1 aliphatic carbocycles. The van der Waals surface area contributed by atoms with Crippen LogP contribution in [0.15, 0.2) is 12.4 Å². The first-order valence-electron chi connectivity index (χ1n) is 8.71. The Balaban J connectivity index is 1.33. The number of piperazine rings is 1. The summed E-state index contributed by atoms with van der Waals surface area (Å²) in [6, 6.07) is 0.630. The lowest BCUT2D eigenvalue weighted by molar-refractivity contribution is 0.0683. The minimum Gasteiger partial charge on any atom is -0.379 e. The Kier molecular flexibility index (Phi) is 4.61. The zero-order chi connectivity index (χ0) is 16.6. The van der Waals surface area contributed by atoms with E-state index < -0.39 is 10.2 Å². The summed E-state index contributed by atoms with van der Waals surface area (Å²) in [5, 5.41) is 0. The van der Waals surface area contributed by atoms with Gasteiger partial charge in [0.2, 0.25) is 0 Å². The Morgan fingerprint density at radius 1 is 1.04 bits per heavy atom. The van der Waals surface area contributed by atoms with Crippen molar-refractivity contribution in [3.8, 4) is 0 Å². The monoisotopic (exact) mass is 355 g/mol. The van der Waals surface area contributed by atoms with Crippen LogP contribution in [0, 0.1) is 0 Å². The van der Waals surface area contributed by atoms with Crippen molar-refractivity contribution in [2.24, 2.45) is 0 Å². The van der Waals surface area contributed by atoms with Crippen molar-refractivity contribution in [3.05, 3.63) is 18.2 Å². The molecular weight excluding hydrogens is 330 g/mol. The molecule has 4 rings (SSSR count). The van der Waals surface area contributed by atoms with Gasteiger partial charge in [-0.1, -0.05) is 0 Å². The molecule has 2 aliphatic heterocycles. The molecule has 3 fully saturated rings. The Morgan fingerprint density at radius 2 is 1.71 bits per heavy atom. The van der Waals surface area contributed by atoms with Gasteiger partial charge in [-0.25, -0.2) is 4.98 Å². The second kappa shape index (κ2) is 6.72. The summed E-state index contributed by atoms with van der Waals surface area (Å²) in [7, 11) is -3.34. The zero-order valence-electron chi connectivity index (χ0n) is 13.9. The molecule has 8 nitrogen and oxygen atoms in total. The SMILES string of the molecule is O=S(=O)(N1CCOCC1)N1CCN(Cc2nccn2C2CC2)CC1. The molecule has 0 atom stereocenters. The molecule has 3 aliphatic rings. The van der Waals surface area contributed by atoms with E-state index in [-0.39, 0.29) is 0 Å². The van der Waals surface area contributed by atoms with Crippen molar-refractivity contribution in [1.29, 1.82) is 0 Å². The number of aromatic nitrogens is 2. The van der Waals surface area contributed by atoms with Crippen molar-refractivity contribution in [1.82, 2.24) is 23.1 Å². The molecule has 9 heteroatoms. The lowest BCUT2D eigenvalue weighted by atomic mass is 10.3. The van der Waals surface area contributed by atoms with Crippen LogP contribution in [0.25, 0.3) is 0 Å². The minimum absolute atomic E-state index is 0.460. The number of hydrogen-bond donors (Lipinski definition) is 0. The van der Waals surface area contributed by atoms with E-state index in [1.54, 1.807) is 8.61 Å². The quantitative estimate of drug-likeness (QED) is 0.738. The number of ether oxygens (including phenoxy) is 1. The van der Waals surface area contributed by atoms with Gasteiger partial charge in [-0.3, -0.25) is 4.90 Å². The zero-order valence-corrected chi connectivity index (χ0v) is 14.7. The first kappa shape index (κ1) is 16.5. The Morgan fingerprint density at radius 3 is 2.38 bits per heavy atom. The second-order valence-electron chi connectivity index (χ2n) is 6.68. The molecule has 0 spiro atoms. The number of nitrogens with zero attached hydrogens (tertiary/aromatic N) is 5. The topological polar surface area (TPSA) is 70.9 Å². The largest absolute Gasteiger partial charge is 0.379 e. The van der Waals surface area contributed by atoms with Gasteiger partial charge in [-0.2, -0.15) is 17.0 Å². The van der Waals surface area contributed by atoms with E-state index in [1.807, 2.05) is 6.20 Å². The number of morpholine rings is 1. The maximum absolute atomic E-state index is 12.7. The van der Waals surface area contributed by atoms with Crippen LogP contribution in [0.3, 0.4) is 0 Å². The highest BCUT2D eigenvalue weighted by molar-refractivity contribution is 7.86. The summed E-state index contributed by atoms with van der Waals surface area (Å²) in [6.45, 7) is 5.29. The number of imidazole rings is 1. The molecular formula is C15H25N5O3S. The summed E-state index contributed by atoms with van der Waals surface area (Å²) >= 11 is 0. The van der Waals surface area contributed by atoms with Crippen molar-refractivity contribution < 1.29 is 13.2 Å². The smallest absolute Gasteiger partial charge is 0.282 e. The summed E-state index contributed by atoms with van der Waals surface area (Å²) in [5.74, 6) is 1.10. The van der Waals surface area contributed by atoms with E-state index in [0.29, 0.717) is 45.4 Å². The van der Waals surface area contributed by atoms with E-state index in [2.05, 4.69) is 20.6 Å². The maximum Gasteiger partial charge on any atom is 0.282 e. The van der Waals surface area contributed by atoms with Crippen LogP contribution in [-0.4, -0.2) is 84.0 Å². The second-order valence-corrected chi connectivity index (χ2v) is 8.60. The predicted octanol–water partition coefficient (Wildman–Crippen LogP) is -0.0874. The predicted molar refractivity (Wildman–Crippen MR) is 88.7 cm³/mol. The molecule has 0 unspecified atom stereocenters. The lowest BCUT2D eigenvalue weighted by Crippen LogP contribution is -2.54. The fourth-order valence-electron chi connectivity index (χ4n) is 3.41. The third-order valence-corrected chi connectivity index (χ3v) is 7.04. The summed E-state index contributed by atoms with van der Waals surface area (Å²) in [5.41, 5.74) is 0. The number of hydrogen-bond acceptors (Lipinski definition) is 5. The van der Waals surface area contributed by atoms with Gasteiger partial charge in [0.05, 0.1) is 19.8 Å². The third kappa shape index (κ3) is 3.36. The van der Waals surface area contributed by atoms with Crippen LogP contribution in [0.1, 0.15) is 24.7 Å². The molecule has 0 amide bonds. The molecule has 2 saturated heterocycles. The highest BCUT2D eigenvalue weighted by atomic mass is 32.2. The maximum atomic E-state index is 12.7. The summed E-state index contributed by atoms with van der Waals surface area (Å²) in [4.78, 5) is 6.78. The van der Waals surface area contributed by atoms with Crippen LogP contribution in [-0.2, 0) is 21.5 Å². The highest BCUT2D eigenvalue weighted by Gasteiger charge is 2.33. The van der Waals surface area contributed by atoms with E-state index >= 15 is 0 Å². The summed E-state index contributed by atoms with van der Waals surface area (Å²) < 4.78 is 36.0. The van der Waals surface area contributed by atoms with Crippen LogP contribution in [0.5, 0.6) is 0 Å². The lowest BCUT2D eigenvalue weighted by Gasteiger charge is -2.37. The first-order chi connectivity index (χ1) is 11.6. The Hall–Kier alpha value is -1.00. The molecule has 1 aromatic rings. The van der Waals surface area contributed by atoms with Crippen LogP contribution >= 0.6 is 0 Å². The molecule has 1 aromatic heterocycles. The van der Waals surface area contributed by atoms with Gasteiger partial charge in [0.15, 0.2) is 0 Å². The molecule has 134 valence electrons. The van der Waals surface area contributed by atoms with Gasteiger partial charge in [0.25, 0.3) is 10.2 Å². The van der Waals surface area contributed by atoms with Crippen molar-refractivity contribution in [2.45, 2.75) is 25.4 Å². The molecule has 0 N–H and O–H groups in total. The van der Waals surface area contributed by atoms with Crippen LogP contribution in [0.2, 0.25) is 0 Å². The van der Waals surface area contributed by atoms with Gasteiger partial charge in [0.1, 0.15) is 5.82 Å². The molecule has 0 bridgehead atoms. The van der Waals surface area contributed by atoms with E-state index in [9.17, 15) is 8.42 Å². The van der Waals surface area contributed by atoms with Crippen LogP contribution < -0.4 is 0 Å². The average molecular weight is 355 g/mol. The molecule has 0 aromatic carbocycles. The van der Waals surface area contributed by atoms with Crippen molar-refractivity contribution in [2.75, 3.05) is 52.5 Å². The van der Waals surface area contributed by atoms with Gasteiger partial charge in [-0.15, -0.1) is 0 Å². The third-order valence-electron chi connectivity index (χ3n) is 5.01. The Bertz CT molecular complexity index is 658. The molecule has 24 heavy (non-hydrogen) atoms. The van der Waals surface area contributed by atoms with Gasteiger partial charge in [0, 0.05) is 57.7 Å². The average Bonchev–Trinajstić information content (AvgIpc) is 3.36. The van der Waals surface area contributed by atoms with E-state index in [4.69, 9.17) is 4.74 Å². The fourth-order valence-corrected chi connectivity index (χ4v) is 4.97. The normalized spacial score (nSPS) is 25.2. The Labute approximate surface area is 143 Å². The summed E-state index contributed by atoms with van der Waals surface area (Å²) in [6.07, 6.45) is 6.42. The molecule has 3 heterocycles. The van der Waals surface area contributed by atoms with Crippen LogP contribution in [0.4, 0.5) is 0 Å². The highest BCUT2D eigenvalue weighted by Crippen LogP contribution is 2.35. The molecule has 1 saturated carbocycles. The van der Waals surface area contributed by atoms with E-state index in [0.717, 1.165) is 25.5 Å². The minimum atomic E-state index is -3.34. The van der Waals surface area contributed by atoms with Crippen molar-refractivity contribution >= 4 is 10.2 Å². The molecule has 0 radical (unpaired) electrons. The number of rotatable bonds is 5.